The summed E-state index contributed by atoms with van der Waals surface area (Å²) in [6.07, 6.45) is 0.901. The van der Waals surface area contributed by atoms with Crippen LogP contribution in [0.5, 0.6) is 0 Å². The monoisotopic (exact) mass is 297 g/mol. The molecule has 2 aromatic heterocycles. The minimum Gasteiger partial charge on any atom is -0.370 e. The molecule has 7 heteroatoms. The van der Waals surface area contributed by atoms with Gasteiger partial charge in [-0.3, -0.25) is 0 Å². The second kappa shape index (κ2) is 6.58. The second-order valence-corrected chi connectivity index (χ2v) is 5.71. The van der Waals surface area contributed by atoms with Gasteiger partial charge in [0.25, 0.3) is 0 Å². The van der Waals surface area contributed by atoms with Crippen LogP contribution in [-0.4, -0.2) is 23.1 Å². The summed E-state index contributed by atoms with van der Waals surface area (Å²) in [6, 6.07) is 5.79. The van der Waals surface area contributed by atoms with Gasteiger partial charge in [0.05, 0.1) is 4.34 Å². The Kier molecular flexibility index (Phi) is 4.81. The van der Waals surface area contributed by atoms with E-state index in [1.54, 1.807) is 11.3 Å². The average Bonchev–Trinajstić information content (AvgIpc) is 2.75. The molecule has 2 aromatic rings. The van der Waals surface area contributed by atoms with Crippen LogP contribution in [0.2, 0.25) is 4.34 Å². The molecule has 0 aromatic carbocycles. The summed E-state index contributed by atoms with van der Waals surface area (Å²) in [5, 5.41) is 6.35. The number of nitrogens with zero attached hydrogens (tertiary/aromatic N) is 2. The fourth-order valence-electron chi connectivity index (χ4n) is 1.63. The molecule has 4 N–H and O–H groups in total. The van der Waals surface area contributed by atoms with E-state index >= 15 is 0 Å². The summed E-state index contributed by atoms with van der Waals surface area (Å²) in [5.41, 5.74) is 5.66. The Labute approximate surface area is 121 Å². The normalized spacial score (nSPS) is 10.4. The van der Waals surface area contributed by atoms with Crippen LogP contribution in [0.1, 0.15) is 11.8 Å². The van der Waals surface area contributed by atoms with Gasteiger partial charge in [0.15, 0.2) is 0 Å². The molecule has 0 bridgehead atoms. The number of nitrogens with two attached hydrogens (primary N) is 1. The number of nitrogen functional groups attached to an aromatic ring is 1. The molecule has 2 heterocycles. The maximum atomic E-state index is 5.89. The highest BCUT2D eigenvalue weighted by molar-refractivity contribution is 7.16. The first-order valence-corrected chi connectivity index (χ1v) is 7.23. The number of anilines is 3. The van der Waals surface area contributed by atoms with Gasteiger partial charge in [0.2, 0.25) is 5.95 Å². The number of nitrogens with one attached hydrogen (secondary N) is 2. The van der Waals surface area contributed by atoms with E-state index in [4.69, 9.17) is 17.3 Å². The topological polar surface area (TPSA) is 75.9 Å². The van der Waals surface area contributed by atoms with Crippen molar-refractivity contribution in [1.29, 1.82) is 0 Å². The number of hydrogen-bond acceptors (Lipinski definition) is 6. The van der Waals surface area contributed by atoms with Crippen LogP contribution in [0.15, 0.2) is 18.2 Å². The molecular weight excluding hydrogens is 282 g/mol. The van der Waals surface area contributed by atoms with Crippen molar-refractivity contribution in [2.75, 3.05) is 29.5 Å². The molecule has 0 fully saturated rings. The Balaban J connectivity index is 1.91. The van der Waals surface area contributed by atoms with E-state index in [0.29, 0.717) is 0 Å². The molecule has 0 radical (unpaired) electrons. The molecule has 19 heavy (non-hydrogen) atoms. The van der Waals surface area contributed by atoms with Gasteiger partial charge in [0.1, 0.15) is 11.6 Å². The number of aromatic nitrogens is 2. The van der Waals surface area contributed by atoms with E-state index in [1.165, 1.54) is 4.88 Å². The lowest BCUT2D eigenvalue weighted by Gasteiger charge is -2.08. The third-order valence-electron chi connectivity index (χ3n) is 2.41. The van der Waals surface area contributed by atoms with Crippen molar-refractivity contribution in [3.05, 3.63) is 27.4 Å². The SMILES string of the molecule is CCNc1cc(NCCc2ccc(Cl)s2)nc(N)n1. The van der Waals surface area contributed by atoms with E-state index < -0.39 is 0 Å². The molecule has 0 aliphatic heterocycles. The van der Waals surface area contributed by atoms with Crippen molar-refractivity contribution in [3.63, 3.8) is 0 Å². The predicted octanol–water partition coefficient (Wildman–Crippen LogP) is 2.86. The summed E-state index contributed by atoms with van der Waals surface area (Å²) in [6.45, 7) is 3.58. The smallest absolute Gasteiger partial charge is 0.223 e. The maximum absolute atomic E-state index is 5.89. The third kappa shape index (κ3) is 4.25. The van der Waals surface area contributed by atoms with E-state index in [0.717, 1.165) is 35.5 Å². The minimum absolute atomic E-state index is 0.264. The molecule has 5 nitrogen and oxygen atoms in total. The second-order valence-electron chi connectivity index (χ2n) is 3.91. The zero-order valence-electron chi connectivity index (χ0n) is 10.6. The van der Waals surface area contributed by atoms with Gasteiger partial charge in [-0.05, 0) is 25.5 Å². The lowest BCUT2D eigenvalue weighted by molar-refractivity contribution is 1.02. The minimum atomic E-state index is 0.264. The van der Waals surface area contributed by atoms with Crippen LogP contribution in [0.25, 0.3) is 0 Å². The Bertz CT molecular complexity index is 543. The highest BCUT2D eigenvalue weighted by Crippen LogP contribution is 2.21. The van der Waals surface area contributed by atoms with Crippen molar-refractivity contribution in [2.24, 2.45) is 0 Å². The van der Waals surface area contributed by atoms with Crippen LogP contribution in [0.4, 0.5) is 17.6 Å². The molecular formula is C12H16ClN5S. The van der Waals surface area contributed by atoms with Crippen LogP contribution in [0, 0.1) is 0 Å². The van der Waals surface area contributed by atoms with Gasteiger partial charge < -0.3 is 16.4 Å². The van der Waals surface area contributed by atoms with E-state index in [2.05, 4.69) is 20.6 Å². The summed E-state index contributed by atoms with van der Waals surface area (Å²) in [4.78, 5) is 9.48. The number of halogens is 1. The van der Waals surface area contributed by atoms with Gasteiger partial charge >= 0.3 is 0 Å². The highest BCUT2D eigenvalue weighted by Gasteiger charge is 2.02. The van der Waals surface area contributed by atoms with Crippen molar-refractivity contribution in [1.82, 2.24) is 9.97 Å². The van der Waals surface area contributed by atoms with Gasteiger partial charge in [-0.25, -0.2) is 0 Å². The van der Waals surface area contributed by atoms with E-state index in [1.807, 2.05) is 25.1 Å². The van der Waals surface area contributed by atoms with Gasteiger partial charge in [-0.2, -0.15) is 9.97 Å². The molecule has 0 aliphatic rings. The quantitative estimate of drug-likeness (QED) is 0.764. The maximum Gasteiger partial charge on any atom is 0.223 e. The predicted molar refractivity (Wildman–Crippen MR) is 82.1 cm³/mol. The summed E-state index contributed by atoms with van der Waals surface area (Å²) < 4.78 is 0.815. The lowest BCUT2D eigenvalue weighted by Crippen LogP contribution is -2.09. The molecule has 0 atom stereocenters. The van der Waals surface area contributed by atoms with Crippen molar-refractivity contribution >= 4 is 40.5 Å². The first kappa shape index (κ1) is 13.9. The number of hydrogen-bond donors (Lipinski definition) is 3. The first-order chi connectivity index (χ1) is 9.17. The lowest BCUT2D eigenvalue weighted by atomic mass is 10.3. The summed E-state index contributed by atoms with van der Waals surface area (Å²) in [5.74, 6) is 1.72. The van der Waals surface area contributed by atoms with Gasteiger partial charge in [-0.15, -0.1) is 11.3 Å². The molecule has 0 amide bonds. The summed E-state index contributed by atoms with van der Waals surface area (Å²) in [7, 11) is 0. The largest absolute Gasteiger partial charge is 0.370 e. The fraction of sp³-hybridized carbons (Fsp3) is 0.333. The molecule has 0 saturated carbocycles. The average molecular weight is 298 g/mol. The van der Waals surface area contributed by atoms with Gasteiger partial charge in [0, 0.05) is 24.0 Å². The standard InChI is InChI=1S/C12H16ClN5S/c1-2-15-10-7-11(18-12(14)17-10)16-6-5-8-3-4-9(13)19-8/h3-4,7H,2,5-6H2,1H3,(H4,14,15,16,17,18). The first-order valence-electron chi connectivity index (χ1n) is 6.04. The van der Waals surface area contributed by atoms with Crippen molar-refractivity contribution in [3.8, 4) is 0 Å². The molecule has 2 rings (SSSR count). The zero-order valence-corrected chi connectivity index (χ0v) is 12.2. The van der Waals surface area contributed by atoms with E-state index in [-0.39, 0.29) is 5.95 Å². The van der Waals surface area contributed by atoms with Crippen LogP contribution >= 0.6 is 22.9 Å². The highest BCUT2D eigenvalue weighted by atomic mass is 35.5. The Hall–Kier alpha value is -1.53. The molecule has 102 valence electrons. The molecule has 0 aliphatic carbocycles. The van der Waals surface area contributed by atoms with Crippen LogP contribution < -0.4 is 16.4 Å². The van der Waals surface area contributed by atoms with Gasteiger partial charge in [-0.1, -0.05) is 11.6 Å². The zero-order chi connectivity index (χ0) is 13.7. The van der Waals surface area contributed by atoms with Crippen molar-refractivity contribution in [2.45, 2.75) is 13.3 Å². The third-order valence-corrected chi connectivity index (χ3v) is 3.70. The van der Waals surface area contributed by atoms with Crippen LogP contribution in [-0.2, 0) is 6.42 Å². The molecule has 0 spiro atoms. The molecule has 0 unspecified atom stereocenters. The Morgan fingerprint density at radius 2 is 2.00 bits per heavy atom. The summed E-state index contributed by atoms with van der Waals surface area (Å²) >= 11 is 7.48. The van der Waals surface area contributed by atoms with Crippen LogP contribution in [0.3, 0.4) is 0 Å². The molecule has 0 saturated heterocycles. The fourth-order valence-corrected chi connectivity index (χ4v) is 2.72. The van der Waals surface area contributed by atoms with E-state index in [9.17, 15) is 0 Å². The van der Waals surface area contributed by atoms with Crippen molar-refractivity contribution < 1.29 is 0 Å². The Morgan fingerprint density at radius 3 is 2.63 bits per heavy atom. The number of thiophene rings is 1. The number of rotatable bonds is 6. The Morgan fingerprint density at radius 1 is 1.26 bits per heavy atom.